The molecule has 2 rings (SSSR count). The van der Waals surface area contributed by atoms with E-state index in [4.69, 9.17) is 5.73 Å². The first-order valence-corrected chi connectivity index (χ1v) is 6.75. The van der Waals surface area contributed by atoms with Crippen LogP contribution in [0.5, 0.6) is 0 Å². The maximum absolute atomic E-state index is 5.79. The number of hydrogen-bond donors (Lipinski definition) is 2. The van der Waals surface area contributed by atoms with Crippen LogP contribution in [0.1, 0.15) is 25.0 Å². The molecule has 3 N–H and O–H groups in total. The minimum atomic E-state index is 0. The molecule has 0 aliphatic carbocycles. The fourth-order valence-corrected chi connectivity index (χ4v) is 1.93. The smallest absolute Gasteiger partial charge is 0.189 e. The minimum absolute atomic E-state index is 0. The molecular weight excluding hydrogens is 377 g/mol. The number of hydrogen-bond acceptors (Lipinski definition) is 2. The number of aromatic nitrogens is 2. The Bertz CT molecular complexity index is 563. The number of benzene rings is 1. The molecule has 0 aliphatic rings. The van der Waals surface area contributed by atoms with Crippen LogP contribution >= 0.6 is 24.0 Å². The van der Waals surface area contributed by atoms with Crippen molar-refractivity contribution in [1.29, 1.82) is 0 Å². The summed E-state index contributed by atoms with van der Waals surface area (Å²) >= 11 is 0. The van der Waals surface area contributed by atoms with E-state index >= 15 is 0 Å². The van der Waals surface area contributed by atoms with Crippen LogP contribution in [0.3, 0.4) is 0 Å². The second-order valence-electron chi connectivity index (χ2n) is 5.02. The van der Waals surface area contributed by atoms with Crippen LogP contribution in [0.15, 0.2) is 47.7 Å². The monoisotopic (exact) mass is 399 g/mol. The van der Waals surface area contributed by atoms with E-state index in [1.807, 2.05) is 36.9 Å². The average Bonchev–Trinajstić information content (AvgIpc) is 2.89. The van der Waals surface area contributed by atoms with E-state index in [1.165, 1.54) is 5.56 Å². The summed E-state index contributed by atoms with van der Waals surface area (Å²) in [5.41, 5.74) is 8.14. The third kappa shape index (κ3) is 6.16. The zero-order chi connectivity index (χ0) is 14.4. The van der Waals surface area contributed by atoms with Gasteiger partial charge < -0.3 is 11.1 Å². The van der Waals surface area contributed by atoms with Gasteiger partial charge in [0, 0.05) is 18.4 Å². The Labute approximate surface area is 142 Å². The fraction of sp³-hybridized carbons (Fsp3) is 0.333. The van der Waals surface area contributed by atoms with Crippen molar-refractivity contribution < 1.29 is 0 Å². The molecule has 114 valence electrons. The second-order valence-corrected chi connectivity index (χ2v) is 5.02. The fourth-order valence-electron chi connectivity index (χ4n) is 1.93. The predicted molar refractivity (Wildman–Crippen MR) is 96.8 cm³/mol. The third-order valence-corrected chi connectivity index (χ3v) is 2.76. The van der Waals surface area contributed by atoms with Gasteiger partial charge in [0.15, 0.2) is 5.96 Å². The molecule has 1 aromatic carbocycles. The van der Waals surface area contributed by atoms with Crippen LogP contribution in [0.25, 0.3) is 0 Å². The van der Waals surface area contributed by atoms with Gasteiger partial charge >= 0.3 is 0 Å². The number of rotatable bonds is 5. The average molecular weight is 399 g/mol. The molecule has 1 aromatic heterocycles. The molecule has 1 heterocycles. The Kier molecular flexibility index (Phi) is 7.21. The zero-order valence-electron chi connectivity index (χ0n) is 12.4. The number of nitrogens with zero attached hydrogens (tertiary/aromatic N) is 3. The third-order valence-electron chi connectivity index (χ3n) is 2.76. The quantitative estimate of drug-likeness (QED) is 0.461. The molecule has 0 bridgehead atoms. The Morgan fingerprint density at radius 1 is 1.33 bits per heavy atom. The number of halogens is 1. The van der Waals surface area contributed by atoms with Crippen molar-refractivity contribution in [2.45, 2.75) is 33.0 Å². The molecule has 0 spiro atoms. The van der Waals surface area contributed by atoms with Crippen molar-refractivity contribution in [2.75, 3.05) is 0 Å². The van der Waals surface area contributed by atoms with Crippen LogP contribution in [0, 0.1) is 0 Å². The van der Waals surface area contributed by atoms with Crippen LogP contribution in [0.2, 0.25) is 0 Å². The van der Waals surface area contributed by atoms with Gasteiger partial charge in [-0.3, -0.25) is 4.68 Å². The Hall–Kier alpha value is -1.57. The first kappa shape index (κ1) is 17.5. The van der Waals surface area contributed by atoms with E-state index < -0.39 is 0 Å². The SMILES string of the molecule is CC(C)NC(N)=NCc1cccc(Cn2cccn2)c1.I. The first-order chi connectivity index (χ1) is 9.63. The van der Waals surface area contributed by atoms with E-state index in [9.17, 15) is 0 Å². The van der Waals surface area contributed by atoms with Gasteiger partial charge in [0.05, 0.1) is 13.1 Å². The highest BCUT2D eigenvalue weighted by Crippen LogP contribution is 2.08. The molecule has 0 fully saturated rings. The van der Waals surface area contributed by atoms with Crippen molar-refractivity contribution in [3.63, 3.8) is 0 Å². The van der Waals surface area contributed by atoms with Crippen LogP contribution in [-0.4, -0.2) is 21.8 Å². The van der Waals surface area contributed by atoms with E-state index in [0.717, 1.165) is 12.1 Å². The van der Waals surface area contributed by atoms with Gasteiger partial charge in [-0.25, -0.2) is 4.99 Å². The highest BCUT2D eigenvalue weighted by atomic mass is 127. The lowest BCUT2D eigenvalue weighted by molar-refractivity contribution is 0.686. The molecule has 5 nitrogen and oxygen atoms in total. The summed E-state index contributed by atoms with van der Waals surface area (Å²) in [7, 11) is 0. The van der Waals surface area contributed by atoms with E-state index in [-0.39, 0.29) is 24.0 Å². The Morgan fingerprint density at radius 3 is 2.76 bits per heavy atom. The van der Waals surface area contributed by atoms with Gasteiger partial charge in [-0.15, -0.1) is 24.0 Å². The molecule has 0 amide bonds. The lowest BCUT2D eigenvalue weighted by atomic mass is 10.1. The topological polar surface area (TPSA) is 68.2 Å². The summed E-state index contributed by atoms with van der Waals surface area (Å²) in [5, 5.41) is 7.28. The van der Waals surface area contributed by atoms with Gasteiger partial charge in [-0.05, 0) is 31.0 Å². The summed E-state index contributed by atoms with van der Waals surface area (Å²) in [6.45, 7) is 5.42. The summed E-state index contributed by atoms with van der Waals surface area (Å²) in [6, 6.07) is 10.5. The molecule has 2 aromatic rings. The molecule has 0 unspecified atom stereocenters. The van der Waals surface area contributed by atoms with Gasteiger partial charge in [-0.2, -0.15) is 5.10 Å². The molecule has 6 heteroatoms. The normalized spacial score (nSPS) is 11.3. The number of nitrogens with one attached hydrogen (secondary N) is 1. The van der Waals surface area contributed by atoms with E-state index in [0.29, 0.717) is 18.5 Å². The van der Waals surface area contributed by atoms with Crippen molar-refractivity contribution in [2.24, 2.45) is 10.7 Å². The maximum Gasteiger partial charge on any atom is 0.189 e. The van der Waals surface area contributed by atoms with Crippen LogP contribution in [0.4, 0.5) is 0 Å². The van der Waals surface area contributed by atoms with Crippen molar-refractivity contribution in [1.82, 2.24) is 15.1 Å². The maximum atomic E-state index is 5.79. The van der Waals surface area contributed by atoms with E-state index in [1.54, 1.807) is 6.20 Å². The summed E-state index contributed by atoms with van der Waals surface area (Å²) in [4.78, 5) is 4.33. The summed E-state index contributed by atoms with van der Waals surface area (Å²) in [5.74, 6) is 0.484. The van der Waals surface area contributed by atoms with Gasteiger partial charge in [-0.1, -0.05) is 24.3 Å². The standard InChI is InChI=1S/C15H21N5.HI/c1-12(2)19-15(16)17-10-13-5-3-6-14(9-13)11-20-8-4-7-18-20;/h3-9,12H,10-11H2,1-2H3,(H3,16,17,19);1H. The number of aliphatic imine (C=N–C) groups is 1. The van der Waals surface area contributed by atoms with Crippen molar-refractivity contribution in [3.8, 4) is 0 Å². The number of guanidine groups is 1. The molecular formula is C15H22IN5. The summed E-state index contributed by atoms with van der Waals surface area (Å²) < 4.78 is 1.90. The zero-order valence-corrected chi connectivity index (χ0v) is 14.7. The highest BCUT2D eigenvalue weighted by molar-refractivity contribution is 14.0. The minimum Gasteiger partial charge on any atom is -0.370 e. The lowest BCUT2D eigenvalue weighted by Gasteiger charge is -2.09. The second kappa shape index (κ2) is 8.66. The van der Waals surface area contributed by atoms with Gasteiger partial charge in [0.1, 0.15) is 0 Å². The van der Waals surface area contributed by atoms with E-state index in [2.05, 4.69) is 33.6 Å². The highest BCUT2D eigenvalue weighted by Gasteiger charge is 1.99. The van der Waals surface area contributed by atoms with Crippen LogP contribution in [-0.2, 0) is 13.1 Å². The molecule has 0 radical (unpaired) electrons. The summed E-state index contributed by atoms with van der Waals surface area (Å²) in [6.07, 6.45) is 3.74. The lowest BCUT2D eigenvalue weighted by Crippen LogP contribution is -2.36. The van der Waals surface area contributed by atoms with Gasteiger partial charge in [0.2, 0.25) is 0 Å². The van der Waals surface area contributed by atoms with Crippen molar-refractivity contribution in [3.05, 3.63) is 53.9 Å². The predicted octanol–water partition coefficient (Wildman–Crippen LogP) is 2.36. The largest absolute Gasteiger partial charge is 0.370 e. The molecule has 21 heavy (non-hydrogen) atoms. The Morgan fingerprint density at radius 2 is 2.10 bits per heavy atom. The first-order valence-electron chi connectivity index (χ1n) is 6.75. The van der Waals surface area contributed by atoms with Crippen LogP contribution < -0.4 is 11.1 Å². The molecule has 0 aliphatic heterocycles. The molecule has 0 saturated carbocycles. The number of nitrogens with two attached hydrogens (primary N) is 1. The van der Waals surface area contributed by atoms with Gasteiger partial charge in [0.25, 0.3) is 0 Å². The molecule has 0 saturated heterocycles. The Balaban J connectivity index is 0.00000220. The van der Waals surface area contributed by atoms with Crippen molar-refractivity contribution >= 4 is 29.9 Å². The molecule has 0 atom stereocenters.